The van der Waals surface area contributed by atoms with Crippen LogP contribution in [0.15, 0.2) is 0 Å². The first-order valence-electron chi connectivity index (χ1n) is 5.79. The third-order valence-electron chi connectivity index (χ3n) is 2.12. The Balaban J connectivity index is 0.000000251. The largest absolute Gasteiger partial charge is 0.314 e. The summed E-state index contributed by atoms with van der Waals surface area (Å²) in [6.07, 6.45) is 4.03. The maximum atomic E-state index is 3.51. The molecule has 0 atom stereocenters. The van der Waals surface area contributed by atoms with Crippen molar-refractivity contribution < 1.29 is 0 Å². The third-order valence-corrected chi connectivity index (χ3v) is 2.12. The molecule has 0 aromatic rings. The fourth-order valence-electron chi connectivity index (χ4n) is 1.31. The molecular weight excluding hydrogens is 160 g/mol. The van der Waals surface area contributed by atoms with Gasteiger partial charge in [0.15, 0.2) is 0 Å². The summed E-state index contributed by atoms with van der Waals surface area (Å²) in [6.45, 7) is 11.8. The van der Waals surface area contributed by atoms with Crippen LogP contribution in [0, 0.1) is 0 Å². The van der Waals surface area contributed by atoms with Crippen LogP contribution in [0.3, 0.4) is 0 Å². The van der Waals surface area contributed by atoms with Crippen molar-refractivity contribution in [2.24, 2.45) is 0 Å². The van der Waals surface area contributed by atoms with E-state index in [1.54, 1.807) is 0 Å². The van der Waals surface area contributed by atoms with E-state index in [-0.39, 0.29) is 0 Å². The van der Waals surface area contributed by atoms with Crippen LogP contribution in [-0.4, -0.2) is 25.2 Å². The number of nitrogens with one attached hydrogen (secondary N) is 2. The lowest BCUT2D eigenvalue weighted by molar-refractivity contribution is 0.403. The highest BCUT2D eigenvalue weighted by molar-refractivity contribution is 5.05. The van der Waals surface area contributed by atoms with Gasteiger partial charge < -0.3 is 10.6 Å². The highest BCUT2D eigenvalue weighted by Gasteiger charge is 2.42. The molecule has 2 fully saturated rings. The van der Waals surface area contributed by atoms with Crippen LogP contribution in [0.1, 0.15) is 47.0 Å². The van der Waals surface area contributed by atoms with Crippen molar-refractivity contribution in [3.8, 4) is 0 Å². The van der Waals surface area contributed by atoms with Crippen LogP contribution in [0.5, 0.6) is 0 Å². The predicted octanol–water partition coefficient (Wildman–Crippen LogP) is 2.15. The Bertz CT molecular complexity index is 101. The molecule has 1 saturated carbocycles. The van der Waals surface area contributed by atoms with Gasteiger partial charge in [0.1, 0.15) is 0 Å². The standard InChI is InChI=1S/C6H12N2.C3H8.C2H6/c1-2-6(1)5-7-3-4-8-6;1-3-2;1-2/h7-8H,1-5H2;3H2,1-2H3;1-2H3. The second kappa shape index (κ2) is 7.34. The van der Waals surface area contributed by atoms with Gasteiger partial charge in [0.25, 0.3) is 0 Å². The molecule has 13 heavy (non-hydrogen) atoms. The van der Waals surface area contributed by atoms with E-state index in [1.807, 2.05) is 13.8 Å². The quantitative estimate of drug-likeness (QED) is 0.606. The van der Waals surface area contributed by atoms with Crippen LogP contribution >= 0.6 is 0 Å². The summed E-state index contributed by atoms with van der Waals surface area (Å²) < 4.78 is 0. The summed E-state index contributed by atoms with van der Waals surface area (Å²) in [5.74, 6) is 0. The second-order valence-electron chi connectivity index (χ2n) is 3.59. The summed E-state index contributed by atoms with van der Waals surface area (Å²) in [6, 6.07) is 0. The van der Waals surface area contributed by atoms with E-state index in [2.05, 4.69) is 24.5 Å². The van der Waals surface area contributed by atoms with Crippen LogP contribution < -0.4 is 10.6 Å². The SMILES string of the molecule is C1CNC2(CC2)CN1.CC.CCC. The minimum atomic E-state index is 0.568. The van der Waals surface area contributed by atoms with E-state index in [0.29, 0.717) is 5.54 Å². The summed E-state index contributed by atoms with van der Waals surface area (Å²) in [7, 11) is 0. The molecule has 2 aliphatic rings. The van der Waals surface area contributed by atoms with Crippen LogP contribution in [0.25, 0.3) is 0 Å². The van der Waals surface area contributed by atoms with E-state index in [9.17, 15) is 0 Å². The summed E-state index contributed by atoms with van der Waals surface area (Å²) in [5, 5.41) is 6.88. The Morgan fingerprint density at radius 2 is 1.62 bits per heavy atom. The van der Waals surface area contributed by atoms with Gasteiger partial charge in [0, 0.05) is 25.2 Å². The van der Waals surface area contributed by atoms with Gasteiger partial charge in [-0.3, -0.25) is 0 Å². The summed E-state index contributed by atoms with van der Waals surface area (Å²) in [4.78, 5) is 0. The maximum absolute atomic E-state index is 3.51. The Morgan fingerprint density at radius 1 is 1.08 bits per heavy atom. The van der Waals surface area contributed by atoms with Crippen molar-refractivity contribution in [2.75, 3.05) is 19.6 Å². The predicted molar refractivity (Wildman–Crippen MR) is 60.2 cm³/mol. The first-order chi connectivity index (χ1) is 6.33. The zero-order valence-electron chi connectivity index (χ0n) is 9.74. The molecule has 0 bridgehead atoms. The average Bonchev–Trinajstić information content (AvgIpc) is 2.91. The molecule has 2 N–H and O–H groups in total. The van der Waals surface area contributed by atoms with Gasteiger partial charge in [-0.1, -0.05) is 34.1 Å². The van der Waals surface area contributed by atoms with E-state index in [1.165, 1.54) is 32.4 Å². The van der Waals surface area contributed by atoms with Gasteiger partial charge in [0.05, 0.1) is 0 Å². The zero-order chi connectivity index (χ0) is 10.2. The monoisotopic (exact) mass is 186 g/mol. The molecule has 2 nitrogen and oxygen atoms in total. The molecule has 0 amide bonds. The Hall–Kier alpha value is -0.0800. The molecule has 2 heteroatoms. The number of rotatable bonds is 0. The Morgan fingerprint density at radius 3 is 1.85 bits per heavy atom. The minimum absolute atomic E-state index is 0.568. The van der Waals surface area contributed by atoms with Gasteiger partial charge in [-0.25, -0.2) is 0 Å². The number of piperazine rings is 1. The fourth-order valence-corrected chi connectivity index (χ4v) is 1.31. The Labute approximate surface area is 83.5 Å². The lowest BCUT2D eigenvalue weighted by atomic mass is 10.2. The third kappa shape index (κ3) is 5.27. The molecule has 1 aliphatic carbocycles. The lowest BCUT2D eigenvalue weighted by Crippen LogP contribution is -2.50. The molecule has 1 saturated heterocycles. The highest BCUT2D eigenvalue weighted by atomic mass is 15.1. The van der Waals surface area contributed by atoms with E-state index in [4.69, 9.17) is 0 Å². The summed E-state index contributed by atoms with van der Waals surface area (Å²) in [5.41, 5.74) is 0.568. The van der Waals surface area contributed by atoms with Crippen LogP contribution in [0.2, 0.25) is 0 Å². The summed E-state index contributed by atoms with van der Waals surface area (Å²) >= 11 is 0. The van der Waals surface area contributed by atoms with Gasteiger partial charge in [-0.2, -0.15) is 0 Å². The highest BCUT2D eigenvalue weighted by Crippen LogP contribution is 2.34. The van der Waals surface area contributed by atoms with E-state index < -0.39 is 0 Å². The van der Waals surface area contributed by atoms with Crippen LogP contribution in [0.4, 0.5) is 0 Å². The van der Waals surface area contributed by atoms with Gasteiger partial charge in [-0.15, -0.1) is 0 Å². The van der Waals surface area contributed by atoms with Gasteiger partial charge >= 0.3 is 0 Å². The number of hydrogen-bond donors (Lipinski definition) is 2. The first-order valence-corrected chi connectivity index (χ1v) is 5.79. The van der Waals surface area contributed by atoms with Crippen molar-refractivity contribution in [3.63, 3.8) is 0 Å². The first kappa shape index (κ1) is 12.9. The fraction of sp³-hybridized carbons (Fsp3) is 1.00. The van der Waals surface area contributed by atoms with Crippen molar-refractivity contribution in [1.82, 2.24) is 10.6 Å². The normalized spacial score (nSPS) is 22.2. The van der Waals surface area contributed by atoms with Crippen LogP contribution in [-0.2, 0) is 0 Å². The molecule has 0 radical (unpaired) electrons. The molecule has 1 heterocycles. The van der Waals surface area contributed by atoms with Crippen molar-refractivity contribution >= 4 is 0 Å². The van der Waals surface area contributed by atoms with Crippen molar-refractivity contribution in [1.29, 1.82) is 0 Å². The van der Waals surface area contributed by atoms with Gasteiger partial charge in [-0.05, 0) is 12.8 Å². The molecule has 1 aliphatic heterocycles. The van der Waals surface area contributed by atoms with Crippen molar-refractivity contribution in [3.05, 3.63) is 0 Å². The minimum Gasteiger partial charge on any atom is -0.314 e. The molecule has 2 rings (SSSR count). The zero-order valence-corrected chi connectivity index (χ0v) is 9.74. The molecule has 0 aromatic carbocycles. The molecule has 1 spiro atoms. The molecule has 0 unspecified atom stereocenters. The molecular formula is C11H26N2. The van der Waals surface area contributed by atoms with Gasteiger partial charge in [0.2, 0.25) is 0 Å². The maximum Gasteiger partial charge on any atom is 0.0308 e. The topological polar surface area (TPSA) is 24.1 Å². The second-order valence-corrected chi connectivity index (χ2v) is 3.59. The molecule has 80 valence electrons. The average molecular weight is 186 g/mol. The van der Waals surface area contributed by atoms with E-state index >= 15 is 0 Å². The van der Waals surface area contributed by atoms with Crippen molar-refractivity contribution in [2.45, 2.75) is 52.5 Å². The number of hydrogen-bond acceptors (Lipinski definition) is 2. The molecule has 0 aromatic heterocycles. The Kier molecular flexibility index (Phi) is 7.29. The smallest absolute Gasteiger partial charge is 0.0308 e. The lowest BCUT2D eigenvalue weighted by Gasteiger charge is -2.23. The van der Waals surface area contributed by atoms with E-state index in [0.717, 1.165) is 6.54 Å².